The molecule has 46 heavy (non-hydrogen) atoms. The van der Waals surface area contributed by atoms with Crippen molar-refractivity contribution in [1.82, 2.24) is 0 Å². The van der Waals surface area contributed by atoms with E-state index < -0.39 is 0 Å². The molecular formula is C46H28. The van der Waals surface area contributed by atoms with Crippen LogP contribution in [-0.2, 0) is 0 Å². The summed E-state index contributed by atoms with van der Waals surface area (Å²) < 4.78 is 0. The summed E-state index contributed by atoms with van der Waals surface area (Å²) in [5.74, 6) is 0. The van der Waals surface area contributed by atoms with Gasteiger partial charge in [-0.15, -0.1) is 0 Å². The molecule has 0 aliphatic heterocycles. The first kappa shape index (κ1) is 25.4. The van der Waals surface area contributed by atoms with E-state index in [1.54, 1.807) is 0 Å². The summed E-state index contributed by atoms with van der Waals surface area (Å²) in [6.07, 6.45) is 0. The Morgan fingerprint density at radius 2 is 0.739 bits per heavy atom. The molecule has 9 aromatic carbocycles. The Balaban J connectivity index is 1.02. The number of rotatable bonds is 3. The van der Waals surface area contributed by atoms with Crippen molar-refractivity contribution >= 4 is 43.1 Å². The van der Waals surface area contributed by atoms with E-state index in [0.717, 1.165) is 0 Å². The number of hydrogen-bond acceptors (Lipinski definition) is 0. The first-order valence-corrected chi connectivity index (χ1v) is 16.0. The van der Waals surface area contributed by atoms with Gasteiger partial charge in [0.25, 0.3) is 0 Å². The molecule has 0 bridgehead atoms. The number of benzene rings is 9. The Morgan fingerprint density at radius 1 is 0.217 bits per heavy atom. The van der Waals surface area contributed by atoms with Gasteiger partial charge in [-0.2, -0.15) is 0 Å². The summed E-state index contributed by atoms with van der Waals surface area (Å²) in [5.41, 5.74) is 12.8. The average molecular weight is 581 g/mol. The van der Waals surface area contributed by atoms with Crippen LogP contribution in [-0.4, -0.2) is 0 Å². The zero-order valence-corrected chi connectivity index (χ0v) is 25.2. The van der Waals surface area contributed by atoms with Gasteiger partial charge in [0.2, 0.25) is 0 Å². The van der Waals surface area contributed by atoms with E-state index in [2.05, 4.69) is 170 Å². The van der Waals surface area contributed by atoms with Gasteiger partial charge in [0, 0.05) is 0 Å². The van der Waals surface area contributed by atoms with Crippen molar-refractivity contribution in [2.45, 2.75) is 0 Å². The normalized spacial score (nSPS) is 11.9. The lowest BCUT2D eigenvalue weighted by atomic mass is 9.90. The van der Waals surface area contributed by atoms with E-state index in [4.69, 9.17) is 0 Å². The van der Waals surface area contributed by atoms with E-state index in [0.29, 0.717) is 0 Å². The summed E-state index contributed by atoms with van der Waals surface area (Å²) in [5, 5.41) is 10.5. The highest BCUT2D eigenvalue weighted by molar-refractivity contribution is 6.23. The number of hydrogen-bond donors (Lipinski definition) is 0. The Morgan fingerprint density at radius 3 is 1.50 bits per heavy atom. The van der Waals surface area contributed by atoms with E-state index >= 15 is 0 Å². The highest BCUT2D eigenvalue weighted by Gasteiger charge is 2.21. The fourth-order valence-corrected chi connectivity index (χ4v) is 7.80. The van der Waals surface area contributed by atoms with Crippen LogP contribution in [0.2, 0.25) is 0 Å². The van der Waals surface area contributed by atoms with E-state index in [1.165, 1.54) is 98.7 Å². The second-order valence-electron chi connectivity index (χ2n) is 12.5. The third-order valence-electron chi connectivity index (χ3n) is 9.98. The highest BCUT2D eigenvalue weighted by atomic mass is 14.2. The molecule has 212 valence electrons. The monoisotopic (exact) mass is 580 g/mol. The van der Waals surface area contributed by atoms with Crippen LogP contribution in [0.4, 0.5) is 0 Å². The van der Waals surface area contributed by atoms with E-state index in [1.807, 2.05) is 0 Å². The maximum absolute atomic E-state index is 2.37. The van der Waals surface area contributed by atoms with Crippen LogP contribution in [0.15, 0.2) is 170 Å². The summed E-state index contributed by atoms with van der Waals surface area (Å²) in [6.45, 7) is 0. The van der Waals surface area contributed by atoms with Gasteiger partial charge >= 0.3 is 0 Å². The molecule has 0 fully saturated rings. The van der Waals surface area contributed by atoms with Gasteiger partial charge in [-0.05, 0) is 117 Å². The molecule has 10 rings (SSSR count). The lowest BCUT2D eigenvalue weighted by Gasteiger charge is -2.14. The predicted octanol–water partition coefficient (Wildman–Crippen LogP) is 12.9. The molecular weight excluding hydrogens is 553 g/mol. The molecule has 0 N–H and O–H groups in total. The van der Waals surface area contributed by atoms with Crippen LogP contribution in [0, 0.1) is 0 Å². The molecule has 0 unspecified atom stereocenters. The van der Waals surface area contributed by atoms with Crippen LogP contribution in [0.5, 0.6) is 0 Å². The molecule has 9 aromatic rings. The summed E-state index contributed by atoms with van der Waals surface area (Å²) in [4.78, 5) is 0. The van der Waals surface area contributed by atoms with Crippen LogP contribution in [0.25, 0.3) is 98.7 Å². The standard InChI is InChI=1S/C46H28/c1-2-10-37-32(8-1)24-25-35-27-43(40-13-5-6-14-41(40)45(35)37)33-22-20-30(21-23-33)29-16-18-31(19-17-29)36-26-34-9-7-15-42-38-11-3-4-12-39(38)44(28-36)46(34)42/h1-28H. The zero-order valence-electron chi connectivity index (χ0n) is 25.2. The minimum absolute atomic E-state index is 1.22. The van der Waals surface area contributed by atoms with Gasteiger partial charge in [0.1, 0.15) is 0 Å². The average Bonchev–Trinajstić information content (AvgIpc) is 3.46. The predicted molar refractivity (Wildman–Crippen MR) is 197 cm³/mol. The molecule has 1 aliphatic rings. The molecule has 0 heterocycles. The summed E-state index contributed by atoms with van der Waals surface area (Å²) >= 11 is 0. The van der Waals surface area contributed by atoms with Crippen molar-refractivity contribution in [2.24, 2.45) is 0 Å². The van der Waals surface area contributed by atoms with Crippen molar-refractivity contribution in [3.63, 3.8) is 0 Å². The summed E-state index contributed by atoms with van der Waals surface area (Å²) in [6, 6.07) is 62.7. The fourth-order valence-electron chi connectivity index (χ4n) is 7.80. The van der Waals surface area contributed by atoms with Crippen LogP contribution >= 0.6 is 0 Å². The molecule has 0 spiro atoms. The van der Waals surface area contributed by atoms with Crippen molar-refractivity contribution in [3.05, 3.63) is 170 Å². The first-order valence-electron chi connectivity index (χ1n) is 16.0. The molecule has 1 aliphatic carbocycles. The van der Waals surface area contributed by atoms with Gasteiger partial charge in [-0.3, -0.25) is 0 Å². The molecule has 0 atom stereocenters. The second-order valence-corrected chi connectivity index (χ2v) is 12.5. The quantitative estimate of drug-likeness (QED) is 0.182. The smallest absolute Gasteiger partial charge is 0.00259 e. The van der Waals surface area contributed by atoms with Crippen LogP contribution in [0.3, 0.4) is 0 Å². The Labute approximate surface area is 267 Å². The van der Waals surface area contributed by atoms with Gasteiger partial charge in [0.05, 0.1) is 0 Å². The zero-order chi connectivity index (χ0) is 30.2. The Hall–Kier alpha value is -5.98. The first-order chi connectivity index (χ1) is 22.8. The lowest BCUT2D eigenvalue weighted by Crippen LogP contribution is -1.87. The van der Waals surface area contributed by atoms with Crippen LogP contribution in [0.1, 0.15) is 0 Å². The van der Waals surface area contributed by atoms with Crippen molar-refractivity contribution < 1.29 is 0 Å². The minimum atomic E-state index is 1.22. The molecule has 0 nitrogen and oxygen atoms in total. The van der Waals surface area contributed by atoms with E-state index in [9.17, 15) is 0 Å². The van der Waals surface area contributed by atoms with Gasteiger partial charge < -0.3 is 0 Å². The summed E-state index contributed by atoms with van der Waals surface area (Å²) in [7, 11) is 0. The highest BCUT2D eigenvalue weighted by Crippen LogP contribution is 2.48. The molecule has 0 amide bonds. The minimum Gasteiger partial charge on any atom is -0.0616 e. The molecule has 0 saturated carbocycles. The third-order valence-corrected chi connectivity index (χ3v) is 9.98. The van der Waals surface area contributed by atoms with Crippen molar-refractivity contribution in [1.29, 1.82) is 0 Å². The molecule has 0 heteroatoms. The third kappa shape index (κ3) is 3.74. The SMILES string of the molecule is c1ccc2c(c1)-c1cccc3cc(-c4ccc(-c5ccc(-c6cc7ccc8ccccc8c7c7ccccc67)cc5)cc4)cc-2c13. The Kier molecular flexibility index (Phi) is 5.38. The maximum atomic E-state index is 2.37. The van der Waals surface area contributed by atoms with Gasteiger partial charge in [0.15, 0.2) is 0 Å². The number of fused-ring (bicyclic) bond motifs is 8. The van der Waals surface area contributed by atoms with Crippen molar-refractivity contribution in [2.75, 3.05) is 0 Å². The van der Waals surface area contributed by atoms with E-state index in [-0.39, 0.29) is 0 Å². The topological polar surface area (TPSA) is 0 Å². The second kappa shape index (κ2) is 9.76. The molecule has 0 aromatic heterocycles. The van der Waals surface area contributed by atoms with Crippen LogP contribution < -0.4 is 0 Å². The largest absolute Gasteiger partial charge is 0.0616 e. The molecule has 0 radical (unpaired) electrons. The maximum Gasteiger partial charge on any atom is -0.00259 e. The van der Waals surface area contributed by atoms with Gasteiger partial charge in [-0.25, -0.2) is 0 Å². The van der Waals surface area contributed by atoms with Gasteiger partial charge in [-0.1, -0.05) is 152 Å². The fraction of sp³-hybridized carbons (Fsp3) is 0. The van der Waals surface area contributed by atoms with Crippen molar-refractivity contribution in [3.8, 4) is 55.6 Å². The Bertz CT molecular complexity index is 2660. The molecule has 0 saturated heterocycles. The lowest BCUT2D eigenvalue weighted by molar-refractivity contribution is 1.59.